The Hall–Kier alpha value is -1.10. The molecule has 0 heterocycles. The van der Waals surface area contributed by atoms with Crippen LogP contribution in [0, 0.1) is 5.92 Å². The molecule has 86 valence electrons. The summed E-state index contributed by atoms with van der Waals surface area (Å²) in [5, 5.41) is 10.9. The first-order chi connectivity index (χ1) is 7.00. The van der Waals surface area contributed by atoms with Gasteiger partial charge in [-0.15, -0.1) is 0 Å². The van der Waals surface area contributed by atoms with E-state index < -0.39 is 18.1 Å². The van der Waals surface area contributed by atoms with Crippen LogP contribution in [0.3, 0.4) is 0 Å². The van der Waals surface area contributed by atoms with E-state index in [1.807, 2.05) is 0 Å². The summed E-state index contributed by atoms with van der Waals surface area (Å²) in [5.74, 6) is -0.819. The fourth-order valence-electron chi connectivity index (χ4n) is 1.03. The van der Waals surface area contributed by atoms with Crippen molar-refractivity contribution >= 4 is 11.9 Å². The highest BCUT2D eigenvalue weighted by Crippen LogP contribution is 2.29. The van der Waals surface area contributed by atoms with Crippen LogP contribution in [0.1, 0.15) is 26.7 Å². The van der Waals surface area contributed by atoms with Gasteiger partial charge in [0.15, 0.2) is 0 Å². The van der Waals surface area contributed by atoms with Gasteiger partial charge in [0.2, 0.25) is 5.91 Å². The molecule has 0 aromatic heterocycles. The van der Waals surface area contributed by atoms with Crippen LogP contribution in [-0.2, 0) is 14.3 Å². The van der Waals surface area contributed by atoms with Crippen LogP contribution in [0.5, 0.6) is 0 Å². The number of nitrogens with one attached hydrogen (secondary N) is 1. The monoisotopic (exact) mass is 215 g/mol. The molecule has 2 unspecified atom stereocenters. The molecular formula is C10H17NO4. The summed E-state index contributed by atoms with van der Waals surface area (Å²) in [6.45, 7) is 3.65. The van der Waals surface area contributed by atoms with Crippen molar-refractivity contribution in [2.24, 2.45) is 5.92 Å². The number of aliphatic carboxylic acids is 1. The second kappa shape index (κ2) is 5.11. The number of ether oxygens (including phenoxy) is 1. The first-order valence-electron chi connectivity index (χ1n) is 5.15. The number of carbonyl (C=O) groups excluding carboxylic acids is 1. The lowest BCUT2D eigenvalue weighted by Gasteiger charge is -2.15. The van der Waals surface area contributed by atoms with Crippen molar-refractivity contribution in [1.29, 1.82) is 0 Å². The van der Waals surface area contributed by atoms with Crippen LogP contribution in [0.2, 0.25) is 0 Å². The number of carboxylic acids is 1. The molecule has 1 amide bonds. The maximum absolute atomic E-state index is 11.4. The van der Waals surface area contributed by atoms with Crippen LogP contribution < -0.4 is 5.32 Å². The second-order valence-electron chi connectivity index (χ2n) is 3.99. The highest BCUT2D eigenvalue weighted by molar-refractivity contribution is 5.85. The predicted molar refractivity (Wildman–Crippen MR) is 53.4 cm³/mol. The third-order valence-electron chi connectivity index (χ3n) is 2.38. The zero-order valence-corrected chi connectivity index (χ0v) is 9.03. The molecule has 1 fully saturated rings. The molecule has 15 heavy (non-hydrogen) atoms. The number of amides is 1. The topological polar surface area (TPSA) is 75.6 Å². The van der Waals surface area contributed by atoms with Gasteiger partial charge >= 0.3 is 5.97 Å². The Kier molecular flexibility index (Phi) is 4.08. The zero-order chi connectivity index (χ0) is 11.4. The zero-order valence-electron chi connectivity index (χ0n) is 9.03. The van der Waals surface area contributed by atoms with E-state index in [0.717, 1.165) is 0 Å². The van der Waals surface area contributed by atoms with Crippen molar-refractivity contribution < 1.29 is 19.4 Å². The minimum absolute atomic E-state index is 0.370. The summed E-state index contributed by atoms with van der Waals surface area (Å²) in [4.78, 5) is 21.9. The van der Waals surface area contributed by atoms with Gasteiger partial charge in [-0.3, -0.25) is 9.59 Å². The molecule has 1 saturated carbocycles. The van der Waals surface area contributed by atoms with Gasteiger partial charge in [0.05, 0.1) is 6.61 Å². The van der Waals surface area contributed by atoms with Crippen molar-refractivity contribution in [3.05, 3.63) is 0 Å². The third-order valence-corrected chi connectivity index (χ3v) is 2.38. The number of rotatable bonds is 6. The van der Waals surface area contributed by atoms with Gasteiger partial charge in [0.25, 0.3) is 0 Å². The third kappa shape index (κ3) is 4.29. The molecule has 5 heteroatoms. The minimum atomic E-state index is -1.04. The normalized spacial score (nSPS) is 19.3. The van der Waals surface area contributed by atoms with Crippen LogP contribution in [0.4, 0.5) is 0 Å². The largest absolute Gasteiger partial charge is 0.480 e. The Balaban J connectivity index is 2.21. The van der Waals surface area contributed by atoms with E-state index in [2.05, 4.69) is 5.32 Å². The van der Waals surface area contributed by atoms with E-state index in [0.29, 0.717) is 12.5 Å². The number of carbonyl (C=O) groups is 2. The lowest BCUT2D eigenvalue weighted by Crippen LogP contribution is -2.43. The molecule has 0 aliphatic heterocycles. The number of hydrogen-bond acceptors (Lipinski definition) is 3. The lowest BCUT2D eigenvalue weighted by atomic mass is 10.3. The van der Waals surface area contributed by atoms with Crippen LogP contribution in [0.15, 0.2) is 0 Å². The summed E-state index contributed by atoms with van der Waals surface area (Å²) in [5.41, 5.74) is 0. The van der Waals surface area contributed by atoms with Crippen LogP contribution in [-0.4, -0.2) is 35.7 Å². The van der Waals surface area contributed by atoms with Crippen molar-refractivity contribution in [2.45, 2.75) is 38.8 Å². The van der Waals surface area contributed by atoms with Crippen molar-refractivity contribution in [3.63, 3.8) is 0 Å². The highest BCUT2D eigenvalue weighted by atomic mass is 16.5. The smallest absolute Gasteiger partial charge is 0.325 e. The molecule has 0 radical (unpaired) electrons. The fraction of sp³-hybridized carbons (Fsp3) is 0.800. The molecule has 0 bridgehead atoms. The van der Waals surface area contributed by atoms with E-state index in [4.69, 9.17) is 9.84 Å². The first-order valence-corrected chi connectivity index (χ1v) is 5.15. The maximum atomic E-state index is 11.4. The molecule has 1 aliphatic carbocycles. The second-order valence-corrected chi connectivity index (χ2v) is 3.99. The minimum Gasteiger partial charge on any atom is -0.480 e. The summed E-state index contributed by atoms with van der Waals surface area (Å²) < 4.78 is 5.30. The van der Waals surface area contributed by atoms with E-state index in [1.54, 1.807) is 6.92 Å². The van der Waals surface area contributed by atoms with Gasteiger partial charge in [-0.2, -0.15) is 0 Å². The molecule has 0 spiro atoms. The Morgan fingerprint density at radius 3 is 2.53 bits per heavy atom. The highest BCUT2D eigenvalue weighted by Gasteiger charge is 2.25. The van der Waals surface area contributed by atoms with Crippen LogP contribution >= 0.6 is 0 Å². The Morgan fingerprint density at radius 2 is 2.07 bits per heavy atom. The number of carboxylic acid groups (broad SMARTS) is 1. The van der Waals surface area contributed by atoms with Crippen molar-refractivity contribution in [2.75, 3.05) is 6.61 Å². The molecule has 0 aromatic rings. The van der Waals surface area contributed by atoms with Gasteiger partial charge in [-0.05, 0) is 32.6 Å². The average molecular weight is 215 g/mol. The van der Waals surface area contributed by atoms with E-state index >= 15 is 0 Å². The van der Waals surface area contributed by atoms with Crippen LogP contribution in [0.25, 0.3) is 0 Å². The van der Waals surface area contributed by atoms with E-state index in [-0.39, 0.29) is 5.91 Å². The maximum Gasteiger partial charge on any atom is 0.325 e. The summed E-state index contributed by atoms with van der Waals surface area (Å²) in [6, 6.07) is -0.871. The molecule has 1 rings (SSSR count). The fourth-order valence-corrected chi connectivity index (χ4v) is 1.03. The van der Waals surface area contributed by atoms with Gasteiger partial charge < -0.3 is 15.2 Å². The summed E-state index contributed by atoms with van der Waals surface area (Å²) in [7, 11) is 0. The number of hydrogen-bond donors (Lipinski definition) is 2. The molecule has 0 aromatic carbocycles. The van der Waals surface area contributed by atoms with Gasteiger partial charge in [-0.1, -0.05) is 0 Å². The van der Waals surface area contributed by atoms with Crippen molar-refractivity contribution in [3.8, 4) is 0 Å². The van der Waals surface area contributed by atoms with Crippen molar-refractivity contribution in [1.82, 2.24) is 5.32 Å². The van der Waals surface area contributed by atoms with Gasteiger partial charge in [0, 0.05) is 0 Å². The Labute approximate surface area is 88.8 Å². The molecule has 2 N–H and O–H groups in total. The molecular weight excluding hydrogens is 198 g/mol. The first kappa shape index (κ1) is 12.0. The molecule has 0 saturated heterocycles. The molecule has 2 atom stereocenters. The molecule has 1 aliphatic rings. The average Bonchev–Trinajstić information content (AvgIpc) is 2.97. The summed E-state index contributed by atoms with van der Waals surface area (Å²) >= 11 is 0. The standard InChI is InChI=1S/C10H17NO4/c1-6(10(13)14)11-9(12)7(2)15-5-8-3-4-8/h6-8H,3-5H2,1-2H3,(H,11,12)(H,13,14). The molecule has 5 nitrogen and oxygen atoms in total. The Bertz CT molecular complexity index is 250. The van der Waals surface area contributed by atoms with Gasteiger partial charge in [-0.25, -0.2) is 0 Å². The van der Waals surface area contributed by atoms with Gasteiger partial charge in [0.1, 0.15) is 12.1 Å². The van der Waals surface area contributed by atoms with E-state index in [9.17, 15) is 9.59 Å². The predicted octanol–water partition coefficient (Wildman–Crippen LogP) is 0.391. The SMILES string of the molecule is CC(NC(=O)C(C)OCC1CC1)C(=O)O. The van der Waals surface area contributed by atoms with E-state index in [1.165, 1.54) is 19.8 Å². The summed E-state index contributed by atoms with van der Waals surface area (Å²) in [6.07, 6.45) is 1.76. The Morgan fingerprint density at radius 1 is 1.47 bits per heavy atom. The lowest BCUT2D eigenvalue weighted by molar-refractivity contribution is -0.143. The quantitative estimate of drug-likeness (QED) is 0.672.